The normalized spacial score (nSPS) is 10.6. The van der Waals surface area contributed by atoms with E-state index in [4.69, 9.17) is 0 Å². The molecule has 6 heteroatoms. The van der Waals surface area contributed by atoms with Gasteiger partial charge in [-0.05, 0) is 12.8 Å². The minimum atomic E-state index is -0.387. The number of nitrogens with one attached hydrogen (secondary N) is 1. The van der Waals surface area contributed by atoms with E-state index in [-0.39, 0.29) is 10.6 Å². The standard InChI is InChI=1S/C11H17N3O2S/c1-4-12-10-5-9(14(15)16)6-11(13-10)17-7-8(2)3/h5-6,8H,4,7H2,1-3H3,(H,12,13). The van der Waals surface area contributed by atoms with Crippen LogP contribution >= 0.6 is 11.8 Å². The van der Waals surface area contributed by atoms with Gasteiger partial charge in [-0.1, -0.05) is 13.8 Å². The van der Waals surface area contributed by atoms with Gasteiger partial charge in [0.05, 0.1) is 11.0 Å². The van der Waals surface area contributed by atoms with E-state index in [1.54, 1.807) is 11.8 Å². The maximum absolute atomic E-state index is 10.8. The zero-order chi connectivity index (χ0) is 12.8. The minimum Gasteiger partial charge on any atom is -0.370 e. The van der Waals surface area contributed by atoms with Gasteiger partial charge in [0.15, 0.2) is 0 Å². The first-order valence-electron chi connectivity index (χ1n) is 5.56. The molecule has 0 saturated heterocycles. The summed E-state index contributed by atoms with van der Waals surface area (Å²) in [6, 6.07) is 2.98. The van der Waals surface area contributed by atoms with Crippen molar-refractivity contribution in [2.45, 2.75) is 25.8 Å². The summed E-state index contributed by atoms with van der Waals surface area (Å²) in [5.74, 6) is 2.00. The molecular weight excluding hydrogens is 238 g/mol. The summed E-state index contributed by atoms with van der Waals surface area (Å²) in [7, 11) is 0. The van der Waals surface area contributed by atoms with Gasteiger partial charge in [0.2, 0.25) is 0 Å². The highest BCUT2D eigenvalue weighted by molar-refractivity contribution is 7.99. The molecule has 0 bridgehead atoms. The van der Waals surface area contributed by atoms with Crippen molar-refractivity contribution in [2.24, 2.45) is 5.92 Å². The Bertz CT molecular complexity index is 396. The average molecular weight is 255 g/mol. The number of anilines is 1. The maximum atomic E-state index is 10.8. The van der Waals surface area contributed by atoms with Gasteiger partial charge >= 0.3 is 0 Å². The summed E-state index contributed by atoms with van der Waals surface area (Å²) < 4.78 is 0. The van der Waals surface area contributed by atoms with Gasteiger partial charge < -0.3 is 5.32 Å². The topological polar surface area (TPSA) is 68.1 Å². The summed E-state index contributed by atoms with van der Waals surface area (Å²) in [5, 5.41) is 14.5. The van der Waals surface area contributed by atoms with E-state index in [1.165, 1.54) is 12.1 Å². The molecule has 0 atom stereocenters. The molecule has 0 radical (unpaired) electrons. The number of rotatable bonds is 6. The number of hydrogen-bond donors (Lipinski definition) is 1. The van der Waals surface area contributed by atoms with E-state index < -0.39 is 0 Å². The van der Waals surface area contributed by atoms with Gasteiger partial charge in [-0.3, -0.25) is 10.1 Å². The van der Waals surface area contributed by atoms with E-state index in [9.17, 15) is 10.1 Å². The molecule has 0 aliphatic carbocycles. The number of nitro groups is 1. The summed E-state index contributed by atoms with van der Waals surface area (Å²) >= 11 is 1.54. The van der Waals surface area contributed by atoms with Crippen molar-refractivity contribution in [2.75, 3.05) is 17.6 Å². The lowest BCUT2D eigenvalue weighted by Crippen LogP contribution is -2.02. The summed E-state index contributed by atoms with van der Waals surface area (Å²) in [5.41, 5.74) is 0.0854. The molecule has 1 heterocycles. The highest BCUT2D eigenvalue weighted by Crippen LogP contribution is 2.25. The quantitative estimate of drug-likeness (QED) is 0.480. The van der Waals surface area contributed by atoms with Crippen LogP contribution in [0.3, 0.4) is 0 Å². The number of nitrogens with zero attached hydrogens (tertiary/aromatic N) is 2. The molecule has 0 aliphatic heterocycles. The molecule has 1 aromatic rings. The molecule has 0 fully saturated rings. The molecule has 0 amide bonds. The Balaban J connectivity index is 2.91. The molecule has 0 saturated carbocycles. The molecule has 1 N–H and O–H groups in total. The van der Waals surface area contributed by atoms with Crippen LogP contribution in [0.15, 0.2) is 17.2 Å². The molecule has 0 aliphatic rings. The van der Waals surface area contributed by atoms with Crippen molar-refractivity contribution in [3.8, 4) is 0 Å². The van der Waals surface area contributed by atoms with Crippen LogP contribution < -0.4 is 5.32 Å². The Morgan fingerprint density at radius 2 is 2.24 bits per heavy atom. The lowest BCUT2D eigenvalue weighted by molar-refractivity contribution is -0.385. The van der Waals surface area contributed by atoms with Gasteiger partial charge in [-0.2, -0.15) is 0 Å². The van der Waals surface area contributed by atoms with E-state index >= 15 is 0 Å². The molecule has 1 rings (SSSR count). The molecular formula is C11H17N3O2S. The van der Waals surface area contributed by atoms with E-state index in [0.29, 0.717) is 23.3 Å². The second-order valence-corrected chi connectivity index (χ2v) is 5.08. The molecule has 17 heavy (non-hydrogen) atoms. The number of thioether (sulfide) groups is 1. The summed E-state index contributed by atoms with van der Waals surface area (Å²) in [6.45, 7) is 6.84. The first-order valence-corrected chi connectivity index (χ1v) is 6.54. The van der Waals surface area contributed by atoms with Crippen LogP contribution in [0.5, 0.6) is 0 Å². The summed E-state index contributed by atoms with van der Waals surface area (Å²) in [6.07, 6.45) is 0. The van der Waals surface area contributed by atoms with Gasteiger partial charge in [0, 0.05) is 18.4 Å². The zero-order valence-electron chi connectivity index (χ0n) is 10.3. The predicted octanol–water partition coefficient (Wildman–Crippen LogP) is 3.17. The SMILES string of the molecule is CCNc1cc([N+](=O)[O-])cc(SCC(C)C)n1. The van der Waals surface area contributed by atoms with Crippen LogP contribution in [0.25, 0.3) is 0 Å². The molecule has 0 aromatic carbocycles. The maximum Gasteiger partial charge on any atom is 0.275 e. The molecule has 1 aromatic heterocycles. The second kappa shape index (κ2) is 6.44. The molecule has 94 valence electrons. The predicted molar refractivity (Wildman–Crippen MR) is 70.6 cm³/mol. The van der Waals surface area contributed by atoms with Crippen molar-refractivity contribution < 1.29 is 4.92 Å². The van der Waals surface area contributed by atoms with Crippen LogP contribution in [0.2, 0.25) is 0 Å². The van der Waals surface area contributed by atoms with Crippen molar-refractivity contribution in [1.82, 2.24) is 4.98 Å². The Labute approximate surface area is 105 Å². The molecule has 0 spiro atoms. The van der Waals surface area contributed by atoms with Crippen molar-refractivity contribution in [1.29, 1.82) is 0 Å². The van der Waals surface area contributed by atoms with Crippen LogP contribution in [-0.4, -0.2) is 22.2 Å². The Morgan fingerprint density at radius 3 is 2.76 bits per heavy atom. The highest BCUT2D eigenvalue weighted by atomic mass is 32.2. The average Bonchev–Trinajstić information content (AvgIpc) is 2.26. The first-order chi connectivity index (χ1) is 8.02. The van der Waals surface area contributed by atoms with Gasteiger partial charge in [-0.25, -0.2) is 4.98 Å². The van der Waals surface area contributed by atoms with Gasteiger partial charge in [-0.15, -0.1) is 11.8 Å². The largest absolute Gasteiger partial charge is 0.370 e. The zero-order valence-corrected chi connectivity index (χ0v) is 11.1. The Morgan fingerprint density at radius 1 is 1.53 bits per heavy atom. The Hall–Kier alpha value is -1.30. The number of pyridine rings is 1. The monoisotopic (exact) mass is 255 g/mol. The first kappa shape index (κ1) is 13.8. The highest BCUT2D eigenvalue weighted by Gasteiger charge is 2.11. The van der Waals surface area contributed by atoms with E-state index in [1.807, 2.05) is 6.92 Å². The van der Waals surface area contributed by atoms with E-state index in [2.05, 4.69) is 24.1 Å². The molecule has 5 nitrogen and oxygen atoms in total. The van der Waals surface area contributed by atoms with Gasteiger partial charge in [0.25, 0.3) is 5.69 Å². The fourth-order valence-electron chi connectivity index (χ4n) is 1.19. The van der Waals surface area contributed by atoms with Crippen molar-refractivity contribution in [3.05, 3.63) is 22.2 Å². The van der Waals surface area contributed by atoms with Crippen LogP contribution in [0.4, 0.5) is 11.5 Å². The fraction of sp³-hybridized carbons (Fsp3) is 0.545. The summed E-state index contributed by atoms with van der Waals surface area (Å²) in [4.78, 5) is 14.7. The third kappa shape index (κ3) is 4.60. The lowest BCUT2D eigenvalue weighted by Gasteiger charge is -2.07. The second-order valence-electron chi connectivity index (χ2n) is 4.04. The van der Waals surface area contributed by atoms with Crippen molar-refractivity contribution >= 4 is 23.3 Å². The smallest absolute Gasteiger partial charge is 0.275 e. The van der Waals surface area contributed by atoms with Crippen LogP contribution in [-0.2, 0) is 0 Å². The Kier molecular flexibility index (Phi) is 5.21. The van der Waals surface area contributed by atoms with Gasteiger partial charge in [0.1, 0.15) is 10.8 Å². The number of hydrogen-bond acceptors (Lipinski definition) is 5. The number of aromatic nitrogens is 1. The van der Waals surface area contributed by atoms with Crippen LogP contribution in [0, 0.1) is 16.0 Å². The fourth-order valence-corrected chi connectivity index (χ4v) is 2.07. The van der Waals surface area contributed by atoms with Crippen molar-refractivity contribution in [3.63, 3.8) is 0 Å². The third-order valence-electron chi connectivity index (χ3n) is 1.92. The molecule has 0 unspecified atom stereocenters. The minimum absolute atomic E-state index is 0.0854. The third-order valence-corrected chi connectivity index (χ3v) is 3.26. The van der Waals surface area contributed by atoms with Crippen LogP contribution in [0.1, 0.15) is 20.8 Å². The lowest BCUT2D eigenvalue weighted by atomic mass is 10.3. The van der Waals surface area contributed by atoms with E-state index in [0.717, 1.165) is 5.75 Å².